The molecule has 1 N–H and O–H groups in total. The molecular weight excluding hydrogens is 294 g/mol. The predicted molar refractivity (Wildman–Crippen MR) is 74.6 cm³/mol. The molecule has 9 nitrogen and oxygen atoms in total. The summed E-state index contributed by atoms with van der Waals surface area (Å²) in [5.74, 6) is -0.280. The van der Waals surface area contributed by atoms with E-state index in [9.17, 15) is 20.0 Å². The molecule has 0 fully saturated rings. The molecule has 0 spiro atoms. The van der Waals surface area contributed by atoms with Crippen molar-refractivity contribution in [3.63, 3.8) is 0 Å². The number of ether oxygens (including phenoxy) is 2. The molecule has 1 heterocycles. The number of benzene rings is 1. The number of aliphatic hydroxyl groups excluding tert-OH is 1. The van der Waals surface area contributed by atoms with E-state index >= 15 is 0 Å². The lowest BCUT2D eigenvalue weighted by molar-refractivity contribution is -0.384. The number of fused-ring (bicyclic) bond motifs is 1. The second-order valence-electron chi connectivity index (χ2n) is 4.43. The van der Waals surface area contributed by atoms with E-state index in [-0.39, 0.29) is 28.6 Å². The van der Waals surface area contributed by atoms with Crippen LogP contribution in [0.2, 0.25) is 0 Å². The zero-order valence-corrected chi connectivity index (χ0v) is 11.9. The number of carbonyl (C=O) groups is 1. The molecular formula is C13H13N3O6. The number of nitro benzene ring substituents is 1. The maximum Gasteiger partial charge on any atom is 0.300 e. The van der Waals surface area contributed by atoms with Crippen molar-refractivity contribution < 1.29 is 24.3 Å². The van der Waals surface area contributed by atoms with E-state index in [4.69, 9.17) is 9.47 Å². The minimum Gasteiger partial charge on any atom is -0.510 e. The number of allylic oxidation sites excluding steroid dienone is 2. The maximum absolute atomic E-state index is 11.3. The van der Waals surface area contributed by atoms with Crippen LogP contribution in [-0.2, 0) is 4.79 Å². The molecule has 0 saturated carbocycles. The quantitative estimate of drug-likeness (QED) is 0.300. The van der Waals surface area contributed by atoms with Crippen molar-refractivity contribution in [1.82, 2.24) is 0 Å². The Balaban J connectivity index is 2.48. The Hall–Kier alpha value is -2.97. The third-order valence-electron chi connectivity index (χ3n) is 2.77. The van der Waals surface area contributed by atoms with Crippen LogP contribution in [0.15, 0.2) is 33.8 Å². The zero-order chi connectivity index (χ0) is 16.3. The summed E-state index contributed by atoms with van der Waals surface area (Å²) in [4.78, 5) is 21.8. The molecule has 0 unspecified atom stereocenters. The predicted octanol–water partition coefficient (Wildman–Crippen LogP) is 2.83. The highest BCUT2D eigenvalue weighted by Crippen LogP contribution is 2.41. The standard InChI is InChI=1S/C13H13N3O6/c1-7(17)13(8(2)18)15-14-9-5-11-12(22-4-3-21-11)6-10(9)16(19)20/h5-6,17H,3-4H2,1-2H3. The van der Waals surface area contributed by atoms with Crippen LogP contribution in [0.5, 0.6) is 11.5 Å². The van der Waals surface area contributed by atoms with Crippen molar-refractivity contribution in [3.05, 3.63) is 33.7 Å². The molecule has 1 aromatic carbocycles. The fourth-order valence-electron chi connectivity index (χ4n) is 1.80. The first-order valence-corrected chi connectivity index (χ1v) is 6.30. The lowest BCUT2D eigenvalue weighted by atomic mass is 10.2. The number of ketones is 1. The molecule has 0 aromatic heterocycles. The Kier molecular flexibility index (Phi) is 4.35. The number of azo groups is 1. The van der Waals surface area contributed by atoms with Crippen LogP contribution in [0, 0.1) is 10.1 Å². The highest BCUT2D eigenvalue weighted by molar-refractivity contribution is 5.93. The molecule has 1 aliphatic heterocycles. The summed E-state index contributed by atoms with van der Waals surface area (Å²) < 4.78 is 10.6. The molecule has 22 heavy (non-hydrogen) atoms. The number of carbonyl (C=O) groups excluding carboxylic acids is 1. The first kappa shape index (κ1) is 15.4. The number of hydrogen-bond donors (Lipinski definition) is 1. The molecule has 2 rings (SSSR count). The van der Waals surface area contributed by atoms with E-state index in [0.717, 1.165) is 0 Å². The zero-order valence-electron chi connectivity index (χ0n) is 11.9. The fourth-order valence-corrected chi connectivity index (χ4v) is 1.80. The van der Waals surface area contributed by atoms with Gasteiger partial charge in [0, 0.05) is 13.0 Å². The number of nitrogens with zero attached hydrogens (tertiary/aromatic N) is 3. The summed E-state index contributed by atoms with van der Waals surface area (Å²) in [5, 5.41) is 27.7. The monoisotopic (exact) mass is 307 g/mol. The van der Waals surface area contributed by atoms with Crippen LogP contribution in [0.3, 0.4) is 0 Å². The molecule has 9 heteroatoms. The molecule has 116 valence electrons. The van der Waals surface area contributed by atoms with Crippen molar-refractivity contribution in [2.24, 2.45) is 10.2 Å². The van der Waals surface area contributed by atoms with Gasteiger partial charge in [-0.05, 0) is 6.92 Å². The third-order valence-corrected chi connectivity index (χ3v) is 2.77. The first-order valence-electron chi connectivity index (χ1n) is 6.30. The topological polar surface area (TPSA) is 124 Å². The van der Waals surface area contributed by atoms with Crippen molar-refractivity contribution >= 4 is 17.2 Å². The van der Waals surface area contributed by atoms with Gasteiger partial charge in [-0.2, -0.15) is 0 Å². The van der Waals surface area contributed by atoms with Gasteiger partial charge in [-0.1, -0.05) is 0 Å². The number of nitro groups is 1. The maximum atomic E-state index is 11.3. The van der Waals surface area contributed by atoms with Crippen LogP contribution in [0.1, 0.15) is 13.8 Å². The first-order chi connectivity index (χ1) is 10.4. The molecule has 0 saturated heterocycles. The summed E-state index contributed by atoms with van der Waals surface area (Å²) in [6.45, 7) is 3.09. The minimum absolute atomic E-state index is 0.103. The Morgan fingerprint density at radius 3 is 2.36 bits per heavy atom. The normalized spacial score (nSPS) is 14.6. The van der Waals surface area contributed by atoms with E-state index in [1.165, 1.54) is 26.0 Å². The summed E-state index contributed by atoms with van der Waals surface area (Å²) in [6.07, 6.45) is 0. The number of rotatable bonds is 4. The van der Waals surface area contributed by atoms with Crippen LogP contribution in [0.4, 0.5) is 11.4 Å². The van der Waals surface area contributed by atoms with E-state index in [2.05, 4.69) is 10.2 Å². The highest BCUT2D eigenvalue weighted by Gasteiger charge is 2.22. The van der Waals surface area contributed by atoms with Crippen LogP contribution in [0.25, 0.3) is 0 Å². The Morgan fingerprint density at radius 1 is 1.27 bits per heavy atom. The fraction of sp³-hybridized carbons (Fsp3) is 0.308. The van der Waals surface area contributed by atoms with Gasteiger partial charge in [0.1, 0.15) is 19.0 Å². The van der Waals surface area contributed by atoms with Crippen molar-refractivity contribution in [2.45, 2.75) is 13.8 Å². The van der Waals surface area contributed by atoms with E-state index in [1.807, 2.05) is 0 Å². The highest BCUT2D eigenvalue weighted by atomic mass is 16.6. The summed E-state index contributed by atoms with van der Waals surface area (Å²) in [5.41, 5.74) is -0.718. The SMILES string of the molecule is CC(=O)C(N=Nc1cc2c(cc1[N+](=O)[O-])OCCO2)=C(C)O. The Morgan fingerprint density at radius 2 is 1.86 bits per heavy atom. The Labute approximate surface area is 125 Å². The van der Waals surface area contributed by atoms with Gasteiger partial charge in [0.05, 0.1) is 11.0 Å². The third kappa shape index (κ3) is 3.19. The second kappa shape index (κ2) is 6.20. The molecule has 1 aliphatic rings. The molecule has 0 aliphatic carbocycles. The smallest absolute Gasteiger partial charge is 0.300 e. The van der Waals surface area contributed by atoms with Gasteiger partial charge < -0.3 is 14.6 Å². The average Bonchev–Trinajstić information content (AvgIpc) is 2.45. The van der Waals surface area contributed by atoms with Gasteiger partial charge in [-0.25, -0.2) is 0 Å². The van der Waals surface area contributed by atoms with Crippen LogP contribution >= 0.6 is 0 Å². The van der Waals surface area contributed by atoms with E-state index in [1.54, 1.807) is 0 Å². The van der Waals surface area contributed by atoms with Gasteiger partial charge in [0.15, 0.2) is 28.7 Å². The van der Waals surface area contributed by atoms with Crippen LogP contribution < -0.4 is 9.47 Å². The molecule has 0 bridgehead atoms. The Bertz CT molecular complexity index is 691. The molecule has 0 radical (unpaired) electrons. The molecule has 0 atom stereocenters. The lowest BCUT2D eigenvalue weighted by Gasteiger charge is -2.18. The number of Topliss-reactive ketones (excluding diaryl/α,β-unsaturated/α-hetero) is 1. The van der Waals surface area contributed by atoms with Crippen molar-refractivity contribution in [1.29, 1.82) is 0 Å². The largest absolute Gasteiger partial charge is 0.510 e. The summed E-state index contributed by atoms with van der Waals surface area (Å²) in [7, 11) is 0. The molecule has 0 amide bonds. The van der Waals surface area contributed by atoms with E-state index < -0.39 is 10.7 Å². The average molecular weight is 307 g/mol. The number of hydrogen-bond acceptors (Lipinski definition) is 8. The lowest BCUT2D eigenvalue weighted by Crippen LogP contribution is -2.15. The van der Waals surface area contributed by atoms with Gasteiger partial charge in [-0.3, -0.25) is 14.9 Å². The van der Waals surface area contributed by atoms with Crippen LogP contribution in [-0.4, -0.2) is 29.0 Å². The van der Waals surface area contributed by atoms with Gasteiger partial charge in [0.25, 0.3) is 0 Å². The van der Waals surface area contributed by atoms with Gasteiger partial charge in [-0.15, -0.1) is 10.2 Å². The minimum atomic E-state index is -0.643. The second-order valence-corrected chi connectivity index (χ2v) is 4.43. The van der Waals surface area contributed by atoms with Gasteiger partial charge in [0.2, 0.25) is 0 Å². The van der Waals surface area contributed by atoms with Crippen molar-refractivity contribution in [3.8, 4) is 11.5 Å². The van der Waals surface area contributed by atoms with Crippen molar-refractivity contribution in [2.75, 3.05) is 13.2 Å². The summed E-state index contributed by atoms with van der Waals surface area (Å²) in [6, 6.07) is 2.49. The number of aliphatic hydroxyl groups is 1. The van der Waals surface area contributed by atoms with E-state index in [0.29, 0.717) is 19.0 Å². The molecule has 1 aromatic rings. The van der Waals surface area contributed by atoms with Gasteiger partial charge >= 0.3 is 5.69 Å². The summed E-state index contributed by atoms with van der Waals surface area (Å²) >= 11 is 0.